The molecule has 0 radical (unpaired) electrons. The van der Waals surface area contributed by atoms with Crippen LogP contribution in [0.3, 0.4) is 0 Å². The van der Waals surface area contributed by atoms with E-state index >= 15 is 0 Å². The second-order valence-corrected chi connectivity index (χ2v) is 6.62. The topological polar surface area (TPSA) is 78.9 Å². The SMILES string of the molecule is CCC(=O)c1sc(NCC2CCC(C)C2)c(C#N)c1N. The number of nitrogens with zero attached hydrogens (tertiary/aromatic N) is 1. The van der Waals surface area contributed by atoms with E-state index in [0.717, 1.165) is 17.5 Å². The number of hydrogen-bond donors (Lipinski definition) is 2. The van der Waals surface area contributed by atoms with Gasteiger partial charge in [-0.25, -0.2) is 0 Å². The summed E-state index contributed by atoms with van der Waals surface area (Å²) in [5.74, 6) is 1.46. The van der Waals surface area contributed by atoms with Gasteiger partial charge in [0.25, 0.3) is 0 Å². The van der Waals surface area contributed by atoms with Gasteiger partial charge in [-0.1, -0.05) is 20.3 Å². The summed E-state index contributed by atoms with van der Waals surface area (Å²) in [5.41, 5.74) is 6.69. The Balaban J connectivity index is 2.11. The fraction of sp³-hybridized carbons (Fsp3) is 0.600. The molecule has 1 heterocycles. The Morgan fingerprint density at radius 3 is 2.85 bits per heavy atom. The van der Waals surface area contributed by atoms with E-state index in [1.165, 1.54) is 30.6 Å². The van der Waals surface area contributed by atoms with Crippen LogP contribution in [0.5, 0.6) is 0 Å². The van der Waals surface area contributed by atoms with Crippen molar-refractivity contribution in [3.63, 3.8) is 0 Å². The molecule has 1 aromatic rings. The molecule has 1 aromatic heterocycles. The number of nitrogen functional groups attached to an aromatic ring is 1. The number of hydrogen-bond acceptors (Lipinski definition) is 5. The van der Waals surface area contributed by atoms with Gasteiger partial charge in [-0.2, -0.15) is 5.26 Å². The van der Waals surface area contributed by atoms with Gasteiger partial charge in [-0.15, -0.1) is 11.3 Å². The summed E-state index contributed by atoms with van der Waals surface area (Å²) < 4.78 is 0. The van der Waals surface area contributed by atoms with E-state index < -0.39 is 0 Å². The average molecular weight is 291 g/mol. The summed E-state index contributed by atoms with van der Waals surface area (Å²) >= 11 is 1.32. The summed E-state index contributed by atoms with van der Waals surface area (Å²) in [5, 5.41) is 13.3. The van der Waals surface area contributed by atoms with Crippen molar-refractivity contribution in [2.75, 3.05) is 17.6 Å². The third-order valence-electron chi connectivity index (χ3n) is 3.99. The molecule has 0 aromatic carbocycles. The fourth-order valence-corrected chi connectivity index (χ4v) is 3.88. The van der Waals surface area contributed by atoms with Crippen LogP contribution in [0.4, 0.5) is 10.7 Å². The molecule has 3 N–H and O–H groups in total. The molecule has 2 atom stereocenters. The van der Waals surface area contributed by atoms with Crippen LogP contribution in [0.25, 0.3) is 0 Å². The van der Waals surface area contributed by atoms with Crippen molar-refractivity contribution < 1.29 is 4.79 Å². The molecule has 1 aliphatic carbocycles. The lowest BCUT2D eigenvalue weighted by Crippen LogP contribution is -2.11. The Kier molecular flexibility index (Phi) is 4.66. The normalized spacial score (nSPS) is 21.6. The van der Waals surface area contributed by atoms with E-state index in [2.05, 4.69) is 18.3 Å². The van der Waals surface area contributed by atoms with Gasteiger partial charge in [-0.3, -0.25) is 4.79 Å². The van der Waals surface area contributed by atoms with Gasteiger partial charge in [0.2, 0.25) is 0 Å². The third-order valence-corrected chi connectivity index (χ3v) is 5.19. The van der Waals surface area contributed by atoms with Crippen molar-refractivity contribution in [1.29, 1.82) is 5.26 Å². The Bertz CT molecular complexity index is 544. The van der Waals surface area contributed by atoms with E-state index in [4.69, 9.17) is 5.73 Å². The highest BCUT2D eigenvalue weighted by Crippen LogP contribution is 2.37. The maximum absolute atomic E-state index is 11.8. The first-order chi connectivity index (χ1) is 9.56. The van der Waals surface area contributed by atoms with E-state index in [1.807, 2.05) is 0 Å². The molecule has 20 heavy (non-hydrogen) atoms. The zero-order valence-corrected chi connectivity index (χ0v) is 12.8. The lowest BCUT2D eigenvalue weighted by atomic mass is 10.1. The number of carbonyl (C=O) groups excluding carboxylic acids is 1. The molecule has 1 saturated carbocycles. The van der Waals surface area contributed by atoms with Crippen molar-refractivity contribution in [3.8, 4) is 6.07 Å². The summed E-state index contributed by atoms with van der Waals surface area (Å²) in [4.78, 5) is 12.3. The van der Waals surface area contributed by atoms with Crippen LogP contribution in [0, 0.1) is 23.2 Å². The van der Waals surface area contributed by atoms with Gasteiger partial charge >= 0.3 is 0 Å². The number of nitriles is 1. The largest absolute Gasteiger partial charge is 0.396 e. The highest BCUT2D eigenvalue weighted by molar-refractivity contribution is 7.19. The maximum Gasteiger partial charge on any atom is 0.174 e. The molecule has 1 fully saturated rings. The Morgan fingerprint density at radius 1 is 1.55 bits per heavy atom. The van der Waals surface area contributed by atoms with E-state index in [9.17, 15) is 10.1 Å². The van der Waals surface area contributed by atoms with Crippen molar-refractivity contribution in [3.05, 3.63) is 10.4 Å². The molecule has 0 bridgehead atoms. The first kappa shape index (κ1) is 14.9. The van der Waals surface area contributed by atoms with Crippen molar-refractivity contribution >= 4 is 27.8 Å². The van der Waals surface area contributed by atoms with E-state index in [0.29, 0.717) is 28.5 Å². The maximum atomic E-state index is 11.8. The van der Waals surface area contributed by atoms with Crippen LogP contribution in [0.2, 0.25) is 0 Å². The Labute approximate surface area is 124 Å². The molecule has 2 unspecified atom stereocenters. The number of Topliss-reactive ketones (excluding diaryl/α,β-unsaturated/α-hetero) is 1. The molecule has 0 spiro atoms. The predicted octanol–water partition coefficient (Wildman–Crippen LogP) is 3.64. The zero-order valence-electron chi connectivity index (χ0n) is 12.0. The first-order valence-corrected chi connectivity index (χ1v) is 7.97. The number of anilines is 2. The van der Waals surface area contributed by atoms with Crippen LogP contribution in [-0.2, 0) is 0 Å². The first-order valence-electron chi connectivity index (χ1n) is 7.16. The zero-order chi connectivity index (χ0) is 14.7. The second kappa shape index (κ2) is 6.27. The number of ketones is 1. The van der Waals surface area contributed by atoms with E-state index in [-0.39, 0.29) is 5.78 Å². The number of carbonyl (C=O) groups is 1. The minimum Gasteiger partial charge on any atom is -0.396 e. The molecule has 108 valence electrons. The van der Waals surface area contributed by atoms with Crippen LogP contribution >= 0.6 is 11.3 Å². The standard InChI is InChI=1S/C15H21N3OS/c1-3-12(19)14-13(17)11(7-16)15(20-14)18-8-10-5-4-9(2)6-10/h9-10,18H,3-6,8,17H2,1-2H3. The Morgan fingerprint density at radius 2 is 2.30 bits per heavy atom. The minimum atomic E-state index is 0.00605. The number of thiophene rings is 1. The number of nitrogens with one attached hydrogen (secondary N) is 1. The van der Waals surface area contributed by atoms with Crippen LogP contribution in [0.15, 0.2) is 0 Å². The highest BCUT2D eigenvalue weighted by Gasteiger charge is 2.23. The van der Waals surface area contributed by atoms with Crippen LogP contribution in [-0.4, -0.2) is 12.3 Å². The smallest absolute Gasteiger partial charge is 0.174 e. The van der Waals surface area contributed by atoms with Gasteiger partial charge in [0.15, 0.2) is 5.78 Å². The van der Waals surface area contributed by atoms with Crippen LogP contribution < -0.4 is 11.1 Å². The average Bonchev–Trinajstić information content (AvgIpc) is 2.99. The molecular weight excluding hydrogens is 270 g/mol. The monoisotopic (exact) mass is 291 g/mol. The van der Waals surface area contributed by atoms with Crippen molar-refractivity contribution in [2.45, 2.75) is 39.5 Å². The van der Waals surface area contributed by atoms with Crippen molar-refractivity contribution in [1.82, 2.24) is 0 Å². The summed E-state index contributed by atoms with van der Waals surface area (Å²) in [7, 11) is 0. The highest BCUT2D eigenvalue weighted by atomic mass is 32.1. The third kappa shape index (κ3) is 2.96. The summed E-state index contributed by atoms with van der Waals surface area (Å²) in [6.07, 6.45) is 4.16. The van der Waals surface area contributed by atoms with Gasteiger partial charge in [0.05, 0.1) is 10.6 Å². The molecule has 5 heteroatoms. The molecular formula is C15H21N3OS. The predicted molar refractivity (Wildman–Crippen MR) is 83.1 cm³/mol. The van der Waals surface area contributed by atoms with Crippen LogP contribution in [0.1, 0.15) is 54.8 Å². The number of rotatable bonds is 5. The van der Waals surface area contributed by atoms with Gasteiger partial charge in [0.1, 0.15) is 16.6 Å². The minimum absolute atomic E-state index is 0.00605. The van der Waals surface area contributed by atoms with Crippen molar-refractivity contribution in [2.24, 2.45) is 11.8 Å². The molecule has 2 rings (SSSR count). The Hall–Kier alpha value is -1.54. The quantitative estimate of drug-likeness (QED) is 0.812. The molecule has 1 aliphatic rings. The van der Waals surface area contributed by atoms with Gasteiger partial charge in [-0.05, 0) is 24.7 Å². The molecule has 0 aliphatic heterocycles. The number of nitrogens with two attached hydrogens (primary N) is 1. The molecule has 0 saturated heterocycles. The van der Waals surface area contributed by atoms with Gasteiger partial charge < -0.3 is 11.1 Å². The lowest BCUT2D eigenvalue weighted by Gasteiger charge is -2.11. The van der Waals surface area contributed by atoms with E-state index in [1.54, 1.807) is 6.92 Å². The molecule has 0 amide bonds. The summed E-state index contributed by atoms with van der Waals surface area (Å²) in [6.45, 7) is 4.95. The fourth-order valence-electron chi connectivity index (χ4n) is 2.79. The second-order valence-electron chi connectivity index (χ2n) is 5.60. The lowest BCUT2D eigenvalue weighted by molar-refractivity contribution is 0.0993. The van der Waals surface area contributed by atoms with Gasteiger partial charge in [0, 0.05) is 13.0 Å². The molecule has 4 nitrogen and oxygen atoms in total. The summed E-state index contributed by atoms with van der Waals surface area (Å²) in [6, 6.07) is 2.12.